The van der Waals surface area contributed by atoms with Gasteiger partial charge in [0.1, 0.15) is 0 Å². The van der Waals surface area contributed by atoms with Gasteiger partial charge in [-0.3, -0.25) is 4.79 Å². The monoisotopic (exact) mass is 325 g/mol. The minimum Gasteiger partial charge on any atom is -0.420 e. The molecule has 0 bridgehead atoms. The lowest BCUT2D eigenvalue weighted by Gasteiger charge is -2.26. The van der Waals surface area contributed by atoms with Gasteiger partial charge in [-0.15, -0.1) is 12.4 Å². The summed E-state index contributed by atoms with van der Waals surface area (Å²) in [6.07, 6.45) is 2.61. The number of rotatable bonds is 3. The van der Waals surface area contributed by atoms with Crippen LogP contribution in [0.3, 0.4) is 0 Å². The van der Waals surface area contributed by atoms with Crippen molar-refractivity contribution in [2.75, 3.05) is 6.54 Å². The number of benzene rings is 1. The lowest BCUT2D eigenvalue weighted by molar-refractivity contribution is -0.174. The second-order valence-corrected chi connectivity index (χ2v) is 5.71. The van der Waals surface area contributed by atoms with Gasteiger partial charge in [0.05, 0.1) is 11.5 Å². The average molecular weight is 326 g/mol. The Labute approximate surface area is 135 Å². The summed E-state index contributed by atoms with van der Waals surface area (Å²) in [6.45, 7) is 0.676. The molecule has 0 spiro atoms. The first-order valence-corrected chi connectivity index (χ1v) is 7.39. The van der Waals surface area contributed by atoms with Gasteiger partial charge in [-0.1, -0.05) is 18.2 Å². The molecule has 1 aliphatic carbocycles. The van der Waals surface area contributed by atoms with Crippen molar-refractivity contribution in [2.45, 2.75) is 32.0 Å². The molecule has 0 radical (unpaired) electrons. The molecule has 1 atom stereocenters. The minimum absolute atomic E-state index is 0. The van der Waals surface area contributed by atoms with Gasteiger partial charge in [-0.05, 0) is 44.2 Å². The Bertz CT molecular complexity index is 555. The van der Waals surface area contributed by atoms with Crippen molar-refractivity contribution in [3.05, 3.63) is 35.4 Å². The van der Waals surface area contributed by atoms with Crippen LogP contribution in [0.4, 0.5) is 0 Å². The van der Waals surface area contributed by atoms with E-state index in [0.717, 1.165) is 25.7 Å². The maximum atomic E-state index is 12.2. The van der Waals surface area contributed by atoms with E-state index < -0.39 is 12.3 Å². The predicted octanol–water partition coefficient (Wildman–Crippen LogP) is 2.59. The van der Waals surface area contributed by atoms with E-state index in [9.17, 15) is 9.59 Å². The van der Waals surface area contributed by atoms with Crippen LogP contribution in [0.2, 0.25) is 0 Å². The molecule has 1 aliphatic heterocycles. The molecule has 6 heteroatoms. The van der Waals surface area contributed by atoms with Crippen molar-refractivity contribution in [3.63, 3.8) is 0 Å². The Morgan fingerprint density at radius 1 is 1.23 bits per heavy atom. The smallest absolute Gasteiger partial charge is 0.342 e. The first-order valence-electron chi connectivity index (χ1n) is 7.39. The van der Waals surface area contributed by atoms with E-state index >= 15 is 0 Å². The largest absolute Gasteiger partial charge is 0.420 e. The van der Waals surface area contributed by atoms with Crippen LogP contribution in [0, 0.1) is 11.8 Å². The molecule has 0 amide bonds. The fraction of sp³-hybridized carbons (Fsp3) is 0.500. The molecule has 120 valence electrons. The van der Waals surface area contributed by atoms with E-state index in [1.165, 1.54) is 0 Å². The summed E-state index contributed by atoms with van der Waals surface area (Å²) in [5.41, 5.74) is 6.76. The fourth-order valence-electron chi connectivity index (χ4n) is 3.04. The van der Waals surface area contributed by atoms with E-state index in [1.54, 1.807) is 24.3 Å². The molecule has 0 saturated heterocycles. The van der Waals surface area contributed by atoms with Crippen LogP contribution in [-0.4, -0.2) is 18.5 Å². The Hall–Kier alpha value is -1.59. The number of nitrogens with two attached hydrogens (primary N) is 1. The van der Waals surface area contributed by atoms with Crippen LogP contribution in [0.15, 0.2) is 24.3 Å². The summed E-state index contributed by atoms with van der Waals surface area (Å²) in [7, 11) is 0. The molecule has 2 aliphatic rings. The quantitative estimate of drug-likeness (QED) is 0.864. The lowest BCUT2D eigenvalue weighted by atomic mass is 9.82. The SMILES string of the molecule is Cl.NCC1CCC(C(=O)OC2OC(=O)c3ccccc32)CC1. The van der Waals surface area contributed by atoms with Gasteiger partial charge < -0.3 is 15.2 Å². The number of hydrogen-bond acceptors (Lipinski definition) is 5. The molecule has 1 fully saturated rings. The number of carbonyl (C=O) groups excluding carboxylic acids is 2. The molecule has 22 heavy (non-hydrogen) atoms. The van der Waals surface area contributed by atoms with Crippen LogP contribution in [0.5, 0.6) is 0 Å². The van der Waals surface area contributed by atoms with Crippen LogP contribution in [0.25, 0.3) is 0 Å². The molecule has 1 heterocycles. The summed E-state index contributed by atoms with van der Waals surface area (Å²) in [6, 6.07) is 6.99. The standard InChI is InChI=1S/C16H19NO4.ClH/c17-9-10-5-7-11(8-6-10)14(18)20-16-13-4-2-1-3-12(13)15(19)21-16;/h1-4,10-11,16H,5-9,17H2;1H. The summed E-state index contributed by atoms with van der Waals surface area (Å²) < 4.78 is 10.5. The summed E-state index contributed by atoms with van der Waals surface area (Å²) in [5, 5.41) is 0. The summed E-state index contributed by atoms with van der Waals surface area (Å²) in [5.74, 6) is -0.312. The Balaban J connectivity index is 0.00000176. The van der Waals surface area contributed by atoms with Crippen LogP contribution in [0.1, 0.15) is 47.9 Å². The van der Waals surface area contributed by atoms with Gasteiger partial charge >= 0.3 is 11.9 Å². The highest BCUT2D eigenvalue weighted by atomic mass is 35.5. The van der Waals surface area contributed by atoms with Crippen molar-refractivity contribution >= 4 is 24.3 Å². The molecule has 0 aromatic heterocycles. The molecule has 1 saturated carbocycles. The minimum atomic E-state index is -0.895. The third-order valence-corrected chi connectivity index (χ3v) is 4.39. The molecule has 1 aromatic rings. The highest BCUT2D eigenvalue weighted by Gasteiger charge is 2.36. The molecule has 5 nitrogen and oxygen atoms in total. The Morgan fingerprint density at radius 3 is 2.59 bits per heavy atom. The number of cyclic esters (lactones) is 1. The molecular formula is C16H20ClNO4. The van der Waals surface area contributed by atoms with Crippen molar-refractivity contribution in [3.8, 4) is 0 Å². The zero-order chi connectivity index (χ0) is 14.8. The van der Waals surface area contributed by atoms with Crippen molar-refractivity contribution in [2.24, 2.45) is 17.6 Å². The molecule has 3 rings (SSSR count). The third kappa shape index (κ3) is 3.25. The Kier molecular flexibility index (Phi) is 5.42. The van der Waals surface area contributed by atoms with Crippen molar-refractivity contribution in [1.29, 1.82) is 0 Å². The van der Waals surface area contributed by atoms with Crippen molar-refractivity contribution in [1.82, 2.24) is 0 Å². The second kappa shape index (κ2) is 7.11. The van der Waals surface area contributed by atoms with Crippen molar-refractivity contribution < 1.29 is 19.1 Å². The van der Waals surface area contributed by atoms with E-state index in [2.05, 4.69) is 0 Å². The van der Waals surface area contributed by atoms with Crippen LogP contribution >= 0.6 is 12.4 Å². The number of fused-ring (bicyclic) bond motifs is 1. The predicted molar refractivity (Wildman–Crippen MR) is 82.4 cm³/mol. The van der Waals surface area contributed by atoms with Gasteiger partial charge in [0.25, 0.3) is 6.29 Å². The van der Waals surface area contributed by atoms with Gasteiger partial charge in [0.15, 0.2) is 0 Å². The van der Waals surface area contributed by atoms with Gasteiger partial charge in [-0.2, -0.15) is 0 Å². The summed E-state index contributed by atoms with van der Waals surface area (Å²) in [4.78, 5) is 23.9. The highest BCUT2D eigenvalue weighted by Crippen LogP contribution is 2.34. The number of ether oxygens (including phenoxy) is 2. The number of carbonyl (C=O) groups is 2. The summed E-state index contributed by atoms with van der Waals surface area (Å²) >= 11 is 0. The van der Waals surface area contributed by atoms with E-state index in [1.807, 2.05) is 0 Å². The molecule has 1 unspecified atom stereocenters. The average Bonchev–Trinajstić information content (AvgIpc) is 2.84. The van der Waals surface area contributed by atoms with Crippen LogP contribution < -0.4 is 5.73 Å². The Morgan fingerprint density at radius 2 is 1.91 bits per heavy atom. The van der Waals surface area contributed by atoms with Gasteiger partial charge in [-0.25, -0.2) is 4.79 Å². The fourth-order valence-corrected chi connectivity index (χ4v) is 3.04. The molecule has 1 aromatic carbocycles. The first-order chi connectivity index (χ1) is 10.2. The maximum absolute atomic E-state index is 12.2. The van der Waals surface area contributed by atoms with E-state index in [-0.39, 0.29) is 24.3 Å². The van der Waals surface area contributed by atoms with E-state index in [4.69, 9.17) is 15.2 Å². The zero-order valence-corrected chi connectivity index (χ0v) is 13.0. The van der Waals surface area contributed by atoms with E-state index in [0.29, 0.717) is 23.6 Å². The number of hydrogen-bond donors (Lipinski definition) is 1. The second-order valence-electron chi connectivity index (χ2n) is 5.71. The van der Waals surface area contributed by atoms with Gasteiger partial charge in [0, 0.05) is 5.56 Å². The zero-order valence-electron chi connectivity index (χ0n) is 12.2. The topological polar surface area (TPSA) is 78.6 Å². The molecule has 2 N–H and O–H groups in total. The number of esters is 2. The normalized spacial score (nSPS) is 26.6. The lowest BCUT2D eigenvalue weighted by Crippen LogP contribution is -2.27. The maximum Gasteiger partial charge on any atom is 0.342 e. The van der Waals surface area contributed by atoms with Gasteiger partial charge in [0.2, 0.25) is 0 Å². The third-order valence-electron chi connectivity index (χ3n) is 4.39. The van der Waals surface area contributed by atoms with Crippen LogP contribution in [-0.2, 0) is 14.3 Å². The first kappa shape index (κ1) is 16.8. The highest BCUT2D eigenvalue weighted by molar-refractivity contribution is 5.94. The number of halogens is 1. The molecular weight excluding hydrogens is 306 g/mol.